The van der Waals surface area contributed by atoms with Crippen LogP contribution in [0.25, 0.3) is 0 Å². The zero-order valence-electron chi connectivity index (χ0n) is 18.2. The summed E-state index contributed by atoms with van der Waals surface area (Å²) >= 11 is 0. The largest absolute Gasteiger partial charge is 0.478 e. The molecule has 0 saturated carbocycles. The Morgan fingerprint density at radius 3 is 2.48 bits per heavy atom. The van der Waals surface area contributed by atoms with Crippen molar-refractivity contribution < 1.29 is 9.90 Å². The smallest absolute Gasteiger partial charge is 0.337 e. The molecule has 0 spiro atoms. The summed E-state index contributed by atoms with van der Waals surface area (Å²) in [5.41, 5.74) is 7.04. The first kappa shape index (κ1) is 20.7. The number of rotatable bonds is 7. The van der Waals surface area contributed by atoms with Gasteiger partial charge in [-0.1, -0.05) is 6.07 Å². The predicted molar refractivity (Wildman–Crippen MR) is 126 cm³/mol. The summed E-state index contributed by atoms with van der Waals surface area (Å²) in [6, 6.07) is 16.7. The number of carbonyl (C=O) groups is 1. The van der Waals surface area contributed by atoms with Crippen molar-refractivity contribution in [3.05, 3.63) is 77.6 Å². The van der Waals surface area contributed by atoms with Gasteiger partial charge in [-0.2, -0.15) is 0 Å². The second kappa shape index (κ2) is 8.68. The lowest BCUT2D eigenvalue weighted by atomic mass is 10.0. The van der Waals surface area contributed by atoms with Crippen molar-refractivity contribution in [1.29, 1.82) is 0 Å². The van der Waals surface area contributed by atoms with Gasteiger partial charge >= 0.3 is 5.97 Å². The number of hydrogen-bond acceptors (Lipinski definition) is 5. The van der Waals surface area contributed by atoms with Gasteiger partial charge in [0.2, 0.25) is 0 Å². The lowest BCUT2D eigenvalue weighted by Gasteiger charge is -2.22. The number of carboxylic acids is 1. The molecule has 2 aromatic carbocycles. The first-order valence-electron chi connectivity index (χ1n) is 10.5. The van der Waals surface area contributed by atoms with E-state index in [0.717, 1.165) is 18.5 Å². The summed E-state index contributed by atoms with van der Waals surface area (Å²) in [6.07, 6.45) is 5.17. The fraction of sp³-hybridized carbons (Fsp3) is 0.280. The van der Waals surface area contributed by atoms with Crippen LogP contribution in [-0.2, 0) is 6.42 Å². The Labute approximate surface area is 183 Å². The maximum absolute atomic E-state index is 11.4. The molecule has 4 rings (SSSR count). The average Bonchev–Trinajstić information content (AvgIpc) is 3.19. The van der Waals surface area contributed by atoms with E-state index in [2.05, 4.69) is 69.6 Å². The molecule has 0 aliphatic heterocycles. The van der Waals surface area contributed by atoms with Gasteiger partial charge in [-0.05, 0) is 66.4 Å². The van der Waals surface area contributed by atoms with Crippen LogP contribution >= 0.6 is 0 Å². The molecule has 1 atom stereocenters. The molecule has 3 aromatic rings. The Hall–Kier alpha value is -3.54. The molecule has 1 aromatic heterocycles. The molecule has 0 unspecified atom stereocenters. The number of pyridine rings is 1. The van der Waals surface area contributed by atoms with Crippen LogP contribution in [0.2, 0.25) is 0 Å². The second-order valence-electron chi connectivity index (χ2n) is 8.20. The maximum atomic E-state index is 11.4. The lowest BCUT2D eigenvalue weighted by molar-refractivity contribution is 0.0698. The minimum atomic E-state index is -0.942. The van der Waals surface area contributed by atoms with E-state index in [9.17, 15) is 9.90 Å². The van der Waals surface area contributed by atoms with E-state index in [1.807, 2.05) is 14.1 Å². The van der Waals surface area contributed by atoms with E-state index >= 15 is 0 Å². The number of anilines is 4. The van der Waals surface area contributed by atoms with Gasteiger partial charge in [0, 0.05) is 56.9 Å². The third-order valence-electron chi connectivity index (χ3n) is 6.06. The van der Waals surface area contributed by atoms with Gasteiger partial charge < -0.3 is 20.2 Å². The maximum Gasteiger partial charge on any atom is 0.337 e. The minimum Gasteiger partial charge on any atom is -0.478 e. The highest BCUT2D eigenvalue weighted by Crippen LogP contribution is 2.37. The molecule has 2 N–H and O–H groups in total. The first-order valence-corrected chi connectivity index (χ1v) is 10.5. The first-order chi connectivity index (χ1) is 14.9. The number of aromatic carboxylic acids is 1. The summed E-state index contributed by atoms with van der Waals surface area (Å²) in [5.74, 6) is -0.585. The number of benzene rings is 2. The topological polar surface area (TPSA) is 68.7 Å². The van der Waals surface area contributed by atoms with Crippen LogP contribution in [-0.4, -0.2) is 43.7 Å². The fourth-order valence-corrected chi connectivity index (χ4v) is 4.19. The number of nitrogens with one attached hydrogen (secondary N) is 1. The van der Waals surface area contributed by atoms with Crippen LogP contribution in [0.5, 0.6) is 0 Å². The molecule has 0 amide bonds. The van der Waals surface area contributed by atoms with E-state index in [-0.39, 0.29) is 5.56 Å². The molecular weight excluding hydrogens is 388 g/mol. The number of aryl methyl sites for hydroxylation is 1. The Kier molecular flexibility index (Phi) is 5.80. The molecule has 31 heavy (non-hydrogen) atoms. The number of nitrogens with zero attached hydrogens (tertiary/aromatic N) is 3. The highest BCUT2D eigenvalue weighted by molar-refractivity contribution is 5.93. The van der Waals surface area contributed by atoms with E-state index in [4.69, 9.17) is 0 Å². The van der Waals surface area contributed by atoms with Crippen molar-refractivity contribution in [1.82, 2.24) is 4.98 Å². The molecule has 1 aliphatic carbocycles. The summed E-state index contributed by atoms with van der Waals surface area (Å²) in [4.78, 5) is 19.8. The molecule has 160 valence electrons. The van der Waals surface area contributed by atoms with Crippen molar-refractivity contribution in [3.8, 4) is 0 Å². The van der Waals surface area contributed by atoms with Gasteiger partial charge in [0.25, 0.3) is 0 Å². The number of carboxylic acid groups (broad SMARTS) is 1. The third kappa shape index (κ3) is 4.33. The van der Waals surface area contributed by atoms with Gasteiger partial charge in [-0.25, -0.2) is 4.79 Å². The molecule has 1 aliphatic rings. The average molecular weight is 417 g/mol. The minimum absolute atomic E-state index is 0.255. The molecule has 0 radical (unpaired) electrons. The standard InChI is InChI=1S/C25H28N4O2/c1-28(2)19-6-8-20(9-7-19)29(3)21-10-11-22-17(14-21)4-5-18(22)15-27-24-16-26-13-12-23(24)25(30)31/h6-14,16,18,27H,4-5,15H2,1-3H3,(H,30,31)/t18-/m0/s1. The molecule has 6 nitrogen and oxygen atoms in total. The van der Waals surface area contributed by atoms with Crippen molar-refractivity contribution >= 4 is 28.7 Å². The summed E-state index contributed by atoms with van der Waals surface area (Å²) in [6.45, 7) is 0.695. The molecule has 0 fully saturated rings. The fourth-order valence-electron chi connectivity index (χ4n) is 4.19. The molecular formula is C25H28N4O2. The zero-order chi connectivity index (χ0) is 22.0. The van der Waals surface area contributed by atoms with E-state index < -0.39 is 5.97 Å². The van der Waals surface area contributed by atoms with Crippen molar-refractivity contribution in [2.45, 2.75) is 18.8 Å². The monoisotopic (exact) mass is 416 g/mol. The normalized spacial score (nSPS) is 14.7. The van der Waals surface area contributed by atoms with Gasteiger partial charge in [0.1, 0.15) is 0 Å². The summed E-state index contributed by atoms with van der Waals surface area (Å²) in [5, 5.41) is 12.7. The van der Waals surface area contributed by atoms with Crippen LogP contribution in [0, 0.1) is 0 Å². The van der Waals surface area contributed by atoms with Crippen molar-refractivity contribution in [3.63, 3.8) is 0 Å². The number of hydrogen-bond donors (Lipinski definition) is 2. The predicted octanol–water partition coefficient (Wildman–Crippen LogP) is 4.76. The number of fused-ring (bicyclic) bond motifs is 1. The van der Waals surface area contributed by atoms with E-state index in [0.29, 0.717) is 18.2 Å². The zero-order valence-corrected chi connectivity index (χ0v) is 18.2. The van der Waals surface area contributed by atoms with Crippen LogP contribution in [0.15, 0.2) is 60.9 Å². The highest BCUT2D eigenvalue weighted by atomic mass is 16.4. The lowest BCUT2D eigenvalue weighted by Crippen LogP contribution is -2.14. The quantitative estimate of drug-likeness (QED) is 0.579. The molecule has 0 saturated heterocycles. The Balaban J connectivity index is 1.47. The van der Waals surface area contributed by atoms with Gasteiger partial charge in [-0.3, -0.25) is 4.98 Å². The van der Waals surface area contributed by atoms with Crippen molar-refractivity contribution in [2.24, 2.45) is 0 Å². The Morgan fingerprint density at radius 1 is 1.06 bits per heavy atom. The van der Waals surface area contributed by atoms with Crippen LogP contribution in [0.1, 0.15) is 33.8 Å². The molecule has 0 bridgehead atoms. The Bertz CT molecular complexity index is 1080. The summed E-state index contributed by atoms with van der Waals surface area (Å²) < 4.78 is 0. The van der Waals surface area contributed by atoms with Crippen LogP contribution in [0.4, 0.5) is 22.7 Å². The van der Waals surface area contributed by atoms with Crippen LogP contribution in [0.3, 0.4) is 0 Å². The Morgan fingerprint density at radius 2 is 1.77 bits per heavy atom. The SMILES string of the molecule is CN(C)c1ccc(N(C)c2ccc3c(c2)CC[C@H]3CNc2cnccc2C(=O)O)cc1. The molecule has 6 heteroatoms. The van der Waals surface area contributed by atoms with E-state index in [1.165, 1.54) is 34.8 Å². The summed E-state index contributed by atoms with van der Waals surface area (Å²) in [7, 11) is 6.18. The molecule has 1 heterocycles. The van der Waals surface area contributed by atoms with Gasteiger partial charge in [0.05, 0.1) is 17.4 Å². The van der Waals surface area contributed by atoms with Crippen LogP contribution < -0.4 is 15.1 Å². The van der Waals surface area contributed by atoms with E-state index in [1.54, 1.807) is 6.20 Å². The third-order valence-corrected chi connectivity index (χ3v) is 6.06. The van der Waals surface area contributed by atoms with Crippen molar-refractivity contribution in [2.75, 3.05) is 42.8 Å². The second-order valence-corrected chi connectivity index (χ2v) is 8.20. The number of aromatic nitrogens is 1. The van der Waals surface area contributed by atoms with Gasteiger partial charge in [-0.15, -0.1) is 0 Å². The highest BCUT2D eigenvalue weighted by Gasteiger charge is 2.23. The van der Waals surface area contributed by atoms with Gasteiger partial charge in [0.15, 0.2) is 0 Å².